The van der Waals surface area contributed by atoms with E-state index in [1.807, 2.05) is 6.92 Å². The molecule has 0 radical (unpaired) electrons. The van der Waals surface area contributed by atoms with Crippen LogP contribution in [0.25, 0.3) is 0 Å². The highest BCUT2D eigenvalue weighted by molar-refractivity contribution is 5.06. The Morgan fingerprint density at radius 3 is 2.57 bits per heavy atom. The lowest BCUT2D eigenvalue weighted by Gasteiger charge is -2.37. The maximum Gasteiger partial charge on any atom is 0.0831 e. The van der Waals surface area contributed by atoms with Gasteiger partial charge in [0.2, 0.25) is 0 Å². The Bertz CT molecular complexity index is 419. The smallest absolute Gasteiger partial charge is 0.0831 e. The Labute approximate surface area is 129 Å². The quantitative estimate of drug-likeness (QED) is 0.798. The maximum absolute atomic E-state index is 6.48. The largest absolute Gasteiger partial charge is 0.374 e. The molecule has 1 aromatic heterocycles. The molecule has 1 heterocycles. The molecule has 1 saturated carbocycles. The average molecular weight is 293 g/mol. The minimum Gasteiger partial charge on any atom is -0.374 e. The standard InChI is InChI=1S/C17H31N3O/c1-4-17(5-2,21-6-3)16(18)13-14-11-12-20(19-14)15-9-7-8-10-15/h11-12,15-16H,4-10,13,18H2,1-3H3. The summed E-state index contributed by atoms with van der Waals surface area (Å²) in [6, 6.07) is 2.73. The van der Waals surface area contributed by atoms with Gasteiger partial charge >= 0.3 is 0 Å². The molecule has 4 heteroatoms. The lowest BCUT2D eigenvalue weighted by molar-refractivity contribution is -0.0635. The molecule has 120 valence electrons. The summed E-state index contributed by atoms with van der Waals surface area (Å²) in [5.41, 5.74) is 7.36. The predicted octanol–water partition coefficient (Wildman–Crippen LogP) is 3.46. The second kappa shape index (κ2) is 7.41. The molecule has 1 aliphatic rings. The van der Waals surface area contributed by atoms with E-state index in [0.717, 1.165) is 25.0 Å². The van der Waals surface area contributed by atoms with Gasteiger partial charge in [0.15, 0.2) is 0 Å². The maximum atomic E-state index is 6.48. The summed E-state index contributed by atoms with van der Waals surface area (Å²) in [5, 5.41) is 4.76. The fourth-order valence-electron chi connectivity index (χ4n) is 3.64. The van der Waals surface area contributed by atoms with Gasteiger partial charge in [-0.3, -0.25) is 4.68 Å². The van der Waals surface area contributed by atoms with E-state index in [1.165, 1.54) is 25.7 Å². The Kier molecular flexibility index (Phi) is 5.82. The van der Waals surface area contributed by atoms with Crippen LogP contribution < -0.4 is 5.73 Å². The van der Waals surface area contributed by atoms with Crippen molar-refractivity contribution in [3.63, 3.8) is 0 Å². The Morgan fingerprint density at radius 2 is 2.00 bits per heavy atom. The van der Waals surface area contributed by atoms with Gasteiger partial charge in [-0.25, -0.2) is 0 Å². The molecule has 2 N–H and O–H groups in total. The molecule has 1 atom stereocenters. The lowest BCUT2D eigenvalue weighted by Crippen LogP contribution is -2.50. The van der Waals surface area contributed by atoms with E-state index in [2.05, 4.69) is 30.8 Å². The number of ether oxygens (including phenoxy) is 1. The van der Waals surface area contributed by atoms with Crippen molar-refractivity contribution in [2.75, 3.05) is 6.61 Å². The first-order valence-corrected chi connectivity index (χ1v) is 8.58. The van der Waals surface area contributed by atoms with E-state index in [-0.39, 0.29) is 11.6 Å². The molecule has 0 saturated heterocycles. The van der Waals surface area contributed by atoms with Gasteiger partial charge in [-0.1, -0.05) is 26.7 Å². The normalized spacial score (nSPS) is 18.3. The van der Waals surface area contributed by atoms with Crippen molar-refractivity contribution in [2.24, 2.45) is 5.73 Å². The van der Waals surface area contributed by atoms with Crippen molar-refractivity contribution < 1.29 is 4.74 Å². The molecule has 0 bridgehead atoms. The summed E-state index contributed by atoms with van der Waals surface area (Å²) >= 11 is 0. The second-order valence-corrected chi connectivity index (χ2v) is 6.24. The third-order valence-electron chi connectivity index (χ3n) is 5.10. The first kappa shape index (κ1) is 16.5. The molecule has 0 aromatic carbocycles. The topological polar surface area (TPSA) is 53.1 Å². The van der Waals surface area contributed by atoms with E-state index in [4.69, 9.17) is 15.6 Å². The van der Waals surface area contributed by atoms with Gasteiger partial charge < -0.3 is 10.5 Å². The Hall–Kier alpha value is -0.870. The van der Waals surface area contributed by atoms with Crippen LogP contribution in [0.4, 0.5) is 0 Å². The van der Waals surface area contributed by atoms with E-state index >= 15 is 0 Å². The van der Waals surface area contributed by atoms with Crippen molar-refractivity contribution in [1.82, 2.24) is 9.78 Å². The number of nitrogens with two attached hydrogens (primary N) is 1. The van der Waals surface area contributed by atoms with Crippen LogP contribution in [0.5, 0.6) is 0 Å². The summed E-state index contributed by atoms with van der Waals surface area (Å²) in [5.74, 6) is 0. The van der Waals surface area contributed by atoms with Crippen molar-refractivity contribution in [2.45, 2.75) is 83.4 Å². The van der Waals surface area contributed by atoms with Gasteiger partial charge in [0, 0.05) is 25.3 Å². The summed E-state index contributed by atoms with van der Waals surface area (Å²) in [6.07, 6.45) is 10.0. The number of aromatic nitrogens is 2. The van der Waals surface area contributed by atoms with Crippen LogP contribution in [0.3, 0.4) is 0 Å². The Morgan fingerprint density at radius 1 is 1.33 bits per heavy atom. The molecular formula is C17H31N3O. The van der Waals surface area contributed by atoms with Crippen LogP contribution in [-0.2, 0) is 11.2 Å². The molecule has 2 rings (SSSR count). The minimum atomic E-state index is -0.216. The number of rotatable bonds is 8. The fraction of sp³-hybridized carbons (Fsp3) is 0.824. The third-order valence-corrected chi connectivity index (χ3v) is 5.10. The van der Waals surface area contributed by atoms with Crippen LogP contribution in [0.2, 0.25) is 0 Å². The zero-order valence-electron chi connectivity index (χ0n) is 13.8. The molecule has 4 nitrogen and oxygen atoms in total. The van der Waals surface area contributed by atoms with Crippen molar-refractivity contribution in [1.29, 1.82) is 0 Å². The van der Waals surface area contributed by atoms with Crippen molar-refractivity contribution in [3.05, 3.63) is 18.0 Å². The van der Waals surface area contributed by atoms with Crippen molar-refractivity contribution in [3.8, 4) is 0 Å². The molecule has 0 aliphatic heterocycles. The van der Waals surface area contributed by atoms with Crippen LogP contribution in [0.15, 0.2) is 12.3 Å². The average Bonchev–Trinajstić information content (AvgIpc) is 3.15. The van der Waals surface area contributed by atoms with Gasteiger partial charge in [0.1, 0.15) is 0 Å². The highest BCUT2D eigenvalue weighted by Gasteiger charge is 2.34. The molecule has 1 fully saturated rings. The molecule has 0 spiro atoms. The summed E-state index contributed by atoms with van der Waals surface area (Å²) in [6.45, 7) is 7.08. The molecule has 1 unspecified atom stereocenters. The van der Waals surface area contributed by atoms with E-state index in [0.29, 0.717) is 12.6 Å². The van der Waals surface area contributed by atoms with Gasteiger partial charge in [-0.2, -0.15) is 5.10 Å². The summed E-state index contributed by atoms with van der Waals surface area (Å²) in [4.78, 5) is 0. The monoisotopic (exact) mass is 293 g/mol. The first-order valence-electron chi connectivity index (χ1n) is 8.58. The molecule has 1 aliphatic carbocycles. The molecular weight excluding hydrogens is 262 g/mol. The lowest BCUT2D eigenvalue weighted by atomic mass is 9.86. The van der Waals surface area contributed by atoms with E-state index in [1.54, 1.807) is 0 Å². The van der Waals surface area contributed by atoms with Crippen LogP contribution >= 0.6 is 0 Å². The SMILES string of the molecule is CCOC(CC)(CC)C(N)Cc1ccn(C2CCCC2)n1. The summed E-state index contributed by atoms with van der Waals surface area (Å²) < 4.78 is 8.16. The first-order chi connectivity index (χ1) is 10.1. The summed E-state index contributed by atoms with van der Waals surface area (Å²) in [7, 11) is 0. The van der Waals surface area contributed by atoms with E-state index < -0.39 is 0 Å². The van der Waals surface area contributed by atoms with Gasteiger partial charge in [0.05, 0.1) is 17.3 Å². The Balaban J connectivity index is 2.02. The van der Waals surface area contributed by atoms with Gasteiger partial charge in [-0.05, 0) is 38.7 Å². The fourth-order valence-corrected chi connectivity index (χ4v) is 3.64. The predicted molar refractivity (Wildman–Crippen MR) is 86.4 cm³/mol. The highest BCUT2D eigenvalue weighted by Crippen LogP contribution is 2.29. The zero-order valence-corrected chi connectivity index (χ0v) is 13.8. The number of hydrogen-bond donors (Lipinski definition) is 1. The molecule has 1 aromatic rings. The van der Waals surface area contributed by atoms with Gasteiger partial charge in [0.25, 0.3) is 0 Å². The zero-order chi connectivity index (χ0) is 15.3. The molecule has 21 heavy (non-hydrogen) atoms. The van der Waals surface area contributed by atoms with Gasteiger partial charge in [-0.15, -0.1) is 0 Å². The van der Waals surface area contributed by atoms with Crippen LogP contribution in [-0.4, -0.2) is 28.0 Å². The van der Waals surface area contributed by atoms with Crippen LogP contribution in [0, 0.1) is 0 Å². The third kappa shape index (κ3) is 3.67. The number of nitrogens with zero attached hydrogens (tertiary/aromatic N) is 2. The van der Waals surface area contributed by atoms with Crippen LogP contribution in [0.1, 0.15) is 71.0 Å². The highest BCUT2D eigenvalue weighted by atomic mass is 16.5. The molecule has 0 amide bonds. The number of hydrogen-bond acceptors (Lipinski definition) is 3. The van der Waals surface area contributed by atoms with Crippen molar-refractivity contribution >= 4 is 0 Å². The minimum absolute atomic E-state index is 0.000576. The van der Waals surface area contributed by atoms with E-state index in [9.17, 15) is 0 Å². The second-order valence-electron chi connectivity index (χ2n) is 6.24.